The first kappa shape index (κ1) is 19.5. The number of thiazole rings is 1. The summed E-state index contributed by atoms with van der Waals surface area (Å²) < 4.78 is 23.7. The van der Waals surface area contributed by atoms with Gasteiger partial charge in [-0.1, -0.05) is 42.9 Å². The molecule has 0 bridgehead atoms. The van der Waals surface area contributed by atoms with E-state index >= 15 is 0 Å². The van der Waals surface area contributed by atoms with Gasteiger partial charge in [-0.2, -0.15) is 0 Å². The maximum atomic E-state index is 12.4. The third-order valence-electron chi connectivity index (χ3n) is 4.14. The Bertz CT molecular complexity index is 1050. The van der Waals surface area contributed by atoms with Gasteiger partial charge in [-0.3, -0.25) is 10.1 Å². The van der Waals surface area contributed by atoms with Crippen molar-refractivity contribution in [3.63, 3.8) is 0 Å². The average Bonchev–Trinajstić information content (AvgIpc) is 3.00. The first-order valence-corrected chi connectivity index (χ1v) is 11.7. The third-order valence-corrected chi connectivity index (χ3v) is 5.93. The van der Waals surface area contributed by atoms with Gasteiger partial charge in [0.05, 0.1) is 16.0 Å². The van der Waals surface area contributed by atoms with Crippen molar-refractivity contribution in [1.29, 1.82) is 0 Å². The second-order valence-electron chi connectivity index (χ2n) is 6.65. The summed E-state index contributed by atoms with van der Waals surface area (Å²) in [6.45, 7) is 2.17. The van der Waals surface area contributed by atoms with E-state index in [1.54, 1.807) is 24.3 Å². The van der Waals surface area contributed by atoms with Gasteiger partial charge in [0.1, 0.15) is 0 Å². The topological polar surface area (TPSA) is 76.1 Å². The highest BCUT2D eigenvalue weighted by atomic mass is 32.2. The molecule has 1 N–H and O–H groups in total. The number of aromatic nitrogens is 1. The minimum atomic E-state index is -3.09. The number of anilines is 1. The maximum absolute atomic E-state index is 12.4. The van der Waals surface area contributed by atoms with E-state index in [1.165, 1.54) is 23.2 Å². The second kappa shape index (κ2) is 8.19. The van der Waals surface area contributed by atoms with Crippen molar-refractivity contribution < 1.29 is 13.2 Å². The van der Waals surface area contributed by atoms with Crippen LogP contribution in [0.25, 0.3) is 10.2 Å². The highest BCUT2D eigenvalue weighted by molar-refractivity contribution is 7.89. The fraction of sp³-hybridized carbons (Fsp3) is 0.300. The van der Waals surface area contributed by atoms with Crippen LogP contribution in [0.4, 0.5) is 5.13 Å². The molecule has 1 aromatic heterocycles. The smallest absolute Gasteiger partial charge is 0.257 e. The van der Waals surface area contributed by atoms with Crippen LogP contribution in [-0.2, 0) is 22.0 Å². The first-order valence-electron chi connectivity index (χ1n) is 8.81. The minimum absolute atomic E-state index is 0.0346. The molecule has 0 spiro atoms. The molecule has 0 saturated heterocycles. The van der Waals surface area contributed by atoms with Gasteiger partial charge in [-0.15, -0.1) is 0 Å². The van der Waals surface area contributed by atoms with Gasteiger partial charge in [-0.05, 0) is 48.2 Å². The number of rotatable bonds is 7. The Hall–Kier alpha value is -2.25. The van der Waals surface area contributed by atoms with E-state index in [4.69, 9.17) is 0 Å². The van der Waals surface area contributed by atoms with Gasteiger partial charge in [0.2, 0.25) is 0 Å². The van der Waals surface area contributed by atoms with Crippen molar-refractivity contribution >= 4 is 42.4 Å². The lowest BCUT2D eigenvalue weighted by Gasteiger charge is -2.03. The zero-order valence-corrected chi connectivity index (χ0v) is 17.0. The number of hydrogen-bond acceptors (Lipinski definition) is 5. The summed E-state index contributed by atoms with van der Waals surface area (Å²) in [5.41, 5.74) is 3.29. The van der Waals surface area contributed by atoms with E-state index < -0.39 is 9.84 Å². The minimum Gasteiger partial charge on any atom is -0.298 e. The molecule has 0 fully saturated rings. The first-order chi connectivity index (χ1) is 12.8. The van der Waals surface area contributed by atoms with Gasteiger partial charge in [0.15, 0.2) is 15.0 Å². The molecule has 0 aliphatic carbocycles. The molecule has 5 nitrogen and oxygen atoms in total. The molecule has 0 unspecified atom stereocenters. The summed E-state index contributed by atoms with van der Waals surface area (Å²) in [4.78, 5) is 16.9. The SMILES string of the molecule is CCCCc1ccc2nc(NC(=O)c3ccc(CS(C)(=O)=O)cc3)sc2c1. The number of carbonyl (C=O) groups excluding carboxylic acids is 1. The zero-order valence-electron chi connectivity index (χ0n) is 15.4. The monoisotopic (exact) mass is 402 g/mol. The molecule has 0 aliphatic heterocycles. The van der Waals surface area contributed by atoms with E-state index in [0.29, 0.717) is 16.3 Å². The molecular formula is C20H22N2O3S2. The van der Waals surface area contributed by atoms with Gasteiger partial charge in [0, 0.05) is 11.8 Å². The van der Waals surface area contributed by atoms with Crippen LogP contribution in [0.1, 0.15) is 41.3 Å². The van der Waals surface area contributed by atoms with Gasteiger partial charge >= 0.3 is 0 Å². The van der Waals surface area contributed by atoms with Gasteiger partial charge in [-0.25, -0.2) is 13.4 Å². The van der Waals surface area contributed by atoms with Crippen LogP contribution in [0.3, 0.4) is 0 Å². The number of sulfone groups is 1. The normalized spacial score (nSPS) is 11.6. The summed E-state index contributed by atoms with van der Waals surface area (Å²) in [6.07, 6.45) is 4.55. The molecule has 1 heterocycles. The second-order valence-corrected chi connectivity index (χ2v) is 9.82. The largest absolute Gasteiger partial charge is 0.298 e. The molecule has 2 aromatic carbocycles. The number of aryl methyl sites for hydroxylation is 1. The Kier molecular flexibility index (Phi) is 5.92. The predicted molar refractivity (Wildman–Crippen MR) is 111 cm³/mol. The Morgan fingerprint density at radius 1 is 1.11 bits per heavy atom. The lowest BCUT2D eigenvalue weighted by molar-refractivity contribution is 0.102. The highest BCUT2D eigenvalue weighted by Crippen LogP contribution is 2.27. The Morgan fingerprint density at radius 3 is 2.48 bits per heavy atom. The fourth-order valence-electron chi connectivity index (χ4n) is 2.78. The third kappa shape index (κ3) is 5.37. The van der Waals surface area contributed by atoms with Crippen molar-refractivity contribution in [2.24, 2.45) is 0 Å². The number of nitrogens with zero attached hydrogens (tertiary/aromatic N) is 1. The molecule has 0 radical (unpaired) electrons. The van der Waals surface area contributed by atoms with E-state index in [1.807, 2.05) is 6.07 Å². The van der Waals surface area contributed by atoms with Crippen molar-refractivity contribution in [3.8, 4) is 0 Å². The molecule has 142 valence electrons. The maximum Gasteiger partial charge on any atom is 0.257 e. The number of benzene rings is 2. The van der Waals surface area contributed by atoms with Crippen LogP contribution in [0.15, 0.2) is 42.5 Å². The number of amides is 1. The lowest BCUT2D eigenvalue weighted by atomic mass is 10.1. The van der Waals surface area contributed by atoms with Crippen LogP contribution in [0.5, 0.6) is 0 Å². The molecule has 1 amide bonds. The zero-order chi connectivity index (χ0) is 19.4. The van der Waals surface area contributed by atoms with E-state index in [0.717, 1.165) is 29.5 Å². The van der Waals surface area contributed by atoms with Crippen molar-refractivity contribution in [2.75, 3.05) is 11.6 Å². The number of carbonyl (C=O) groups is 1. The molecule has 3 aromatic rings. The van der Waals surface area contributed by atoms with Crippen LogP contribution < -0.4 is 5.32 Å². The number of fused-ring (bicyclic) bond motifs is 1. The van der Waals surface area contributed by atoms with Crippen LogP contribution in [0, 0.1) is 0 Å². The summed E-state index contributed by atoms with van der Waals surface area (Å²) in [5, 5.41) is 3.39. The van der Waals surface area contributed by atoms with Crippen molar-refractivity contribution in [1.82, 2.24) is 4.98 Å². The highest BCUT2D eigenvalue weighted by Gasteiger charge is 2.11. The number of unbranched alkanes of at least 4 members (excludes halogenated alkanes) is 1. The van der Waals surface area contributed by atoms with Crippen molar-refractivity contribution in [2.45, 2.75) is 31.9 Å². The van der Waals surface area contributed by atoms with Gasteiger partial charge in [0.25, 0.3) is 5.91 Å². The Labute approximate surface area is 163 Å². The fourth-order valence-corrected chi connectivity index (χ4v) is 4.51. The summed E-state index contributed by atoms with van der Waals surface area (Å²) in [5.74, 6) is -0.293. The summed E-state index contributed by atoms with van der Waals surface area (Å²) >= 11 is 1.46. The van der Waals surface area contributed by atoms with Crippen LogP contribution in [-0.4, -0.2) is 25.6 Å². The van der Waals surface area contributed by atoms with E-state index in [9.17, 15) is 13.2 Å². The molecule has 3 rings (SSSR count). The summed E-state index contributed by atoms with van der Waals surface area (Å²) in [7, 11) is -3.09. The Balaban J connectivity index is 1.71. The van der Waals surface area contributed by atoms with Crippen LogP contribution in [0.2, 0.25) is 0 Å². The number of hydrogen-bond donors (Lipinski definition) is 1. The van der Waals surface area contributed by atoms with Crippen LogP contribution >= 0.6 is 11.3 Å². The average molecular weight is 403 g/mol. The molecule has 0 saturated carbocycles. The molecule has 0 aliphatic rings. The predicted octanol–water partition coefficient (Wildman–Crippen LogP) is 4.44. The lowest BCUT2D eigenvalue weighted by Crippen LogP contribution is -2.11. The molecule has 0 atom stereocenters. The Morgan fingerprint density at radius 2 is 1.81 bits per heavy atom. The van der Waals surface area contributed by atoms with Gasteiger partial charge < -0.3 is 0 Å². The number of nitrogens with one attached hydrogen (secondary N) is 1. The van der Waals surface area contributed by atoms with E-state index in [-0.39, 0.29) is 11.7 Å². The molecule has 27 heavy (non-hydrogen) atoms. The summed E-state index contributed by atoms with van der Waals surface area (Å²) in [6, 6.07) is 12.8. The standard InChI is InChI=1S/C20H22N2O3S2/c1-3-4-5-14-8-11-17-18(12-14)26-20(21-17)22-19(23)16-9-6-15(7-10-16)13-27(2,24)25/h6-12H,3-5,13H2,1-2H3,(H,21,22,23). The quantitative estimate of drug-likeness (QED) is 0.634. The van der Waals surface area contributed by atoms with E-state index in [2.05, 4.69) is 29.4 Å². The van der Waals surface area contributed by atoms with Crippen molar-refractivity contribution in [3.05, 3.63) is 59.2 Å². The molecule has 7 heteroatoms. The molecular weight excluding hydrogens is 380 g/mol.